The van der Waals surface area contributed by atoms with Crippen molar-refractivity contribution in [2.75, 3.05) is 26.3 Å². The summed E-state index contributed by atoms with van der Waals surface area (Å²) >= 11 is 0. The zero-order chi connectivity index (χ0) is 17.1. The first-order valence-electron chi connectivity index (χ1n) is 8.85. The molecule has 0 spiro atoms. The van der Waals surface area contributed by atoms with Crippen LogP contribution in [0.25, 0.3) is 17.0 Å². The molecule has 1 atom stereocenters. The summed E-state index contributed by atoms with van der Waals surface area (Å²) in [6, 6.07) is 9.89. The second-order valence-corrected chi connectivity index (χ2v) is 6.55. The van der Waals surface area contributed by atoms with Crippen molar-refractivity contribution in [1.82, 2.24) is 9.88 Å². The van der Waals surface area contributed by atoms with Crippen LogP contribution in [0.4, 0.5) is 0 Å². The number of carbonyl (C=O) groups excluding carboxylic acids is 1. The number of aromatic nitrogens is 1. The molecular weight excluding hydrogens is 316 g/mol. The number of likely N-dealkylation sites (tertiary alicyclic amines) is 1. The van der Waals surface area contributed by atoms with Gasteiger partial charge in [0, 0.05) is 36.7 Å². The molecule has 1 amide bonds. The average molecular weight is 338 g/mol. The molecule has 25 heavy (non-hydrogen) atoms. The Kier molecular flexibility index (Phi) is 4.76. The van der Waals surface area contributed by atoms with Crippen molar-refractivity contribution in [2.45, 2.75) is 19.1 Å². The van der Waals surface area contributed by atoms with Gasteiger partial charge in [-0.2, -0.15) is 0 Å². The van der Waals surface area contributed by atoms with E-state index in [-0.39, 0.29) is 18.1 Å². The number of para-hydroxylation sites is 1. The molecule has 0 unspecified atom stereocenters. The van der Waals surface area contributed by atoms with E-state index in [4.69, 9.17) is 9.47 Å². The molecule has 1 aromatic heterocycles. The Hall–Kier alpha value is -2.24. The SMILES string of the molecule is O=C(/C=C/c1ccnc2ccccc12)N1CCC[C@H](C2OCCO2)C1. The van der Waals surface area contributed by atoms with Gasteiger partial charge in [0.2, 0.25) is 5.91 Å². The maximum atomic E-state index is 12.6. The number of hydrogen-bond acceptors (Lipinski definition) is 4. The molecule has 2 aliphatic heterocycles. The number of nitrogens with zero attached hydrogens (tertiary/aromatic N) is 2. The number of piperidine rings is 1. The Morgan fingerprint density at radius 2 is 2.04 bits per heavy atom. The summed E-state index contributed by atoms with van der Waals surface area (Å²) in [6.07, 6.45) is 7.22. The maximum Gasteiger partial charge on any atom is 0.246 e. The molecule has 5 heteroatoms. The average Bonchev–Trinajstić information content (AvgIpc) is 3.21. The molecule has 3 heterocycles. The largest absolute Gasteiger partial charge is 0.350 e. The highest BCUT2D eigenvalue weighted by molar-refractivity contribution is 5.95. The topological polar surface area (TPSA) is 51.7 Å². The van der Waals surface area contributed by atoms with Crippen LogP contribution in [0, 0.1) is 5.92 Å². The van der Waals surface area contributed by atoms with Crippen molar-refractivity contribution in [3.8, 4) is 0 Å². The van der Waals surface area contributed by atoms with Gasteiger partial charge in [0.05, 0.1) is 18.7 Å². The molecule has 0 saturated carbocycles. The van der Waals surface area contributed by atoms with Gasteiger partial charge in [0.25, 0.3) is 0 Å². The van der Waals surface area contributed by atoms with Gasteiger partial charge in [-0.05, 0) is 36.6 Å². The second-order valence-electron chi connectivity index (χ2n) is 6.55. The molecule has 5 nitrogen and oxygen atoms in total. The first-order chi connectivity index (χ1) is 12.3. The van der Waals surface area contributed by atoms with E-state index >= 15 is 0 Å². The van der Waals surface area contributed by atoms with Crippen molar-refractivity contribution in [3.05, 3.63) is 48.2 Å². The quantitative estimate of drug-likeness (QED) is 0.808. The normalized spacial score (nSPS) is 22.1. The van der Waals surface area contributed by atoms with Crippen molar-refractivity contribution < 1.29 is 14.3 Å². The van der Waals surface area contributed by atoms with Crippen molar-refractivity contribution in [3.63, 3.8) is 0 Å². The fourth-order valence-electron chi connectivity index (χ4n) is 3.61. The molecule has 0 aliphatic carbocycles. The van der Waals surface area contributed by atoms with Crippen LogP contribution in [0.2, 0.25) is 0 Å². The summed E-state index contributed by atoms with van der Waals surface area (Å²) in [4.78, 5) is 18.9. The molecule has 0 radical (unpaired) electrons. The van der Waals surface area contributed by atoms with E-state index in [0.29, 0.717) is 19.8 Å². The van der Waals surface area contributed by atoms with Crippen LogP contribution >= 0.6 is 0 Å². The molecule has 130 valence electrons. The lowest BCUT2D eigenvalue weighted by Crippen LogP contribution is -2.43. The fourth-order valence-corrected chi connectivity index (χ4v) is 3.61. The highest BCUT2D eigenvalue weighted by atomic mass is 16.7. The predicted octanol–water partition coefficient (Wildman–Crippen LogP) is 2.86. The van der Waals surface area contributed by atoms with Crippen LogP contribution < -0.4 is 0 Å². The van der Waals surface area contributed by atoms with Gasteiger partial charge in [-0.3, -0.25) is 9.78 Å². The van der Waals surface area contributed by atoms with E-state index in [9.17, 15) is 4.79 Å². The summed E-state index contributed by atoms with van der Waals surface area (Å²) in [5.74, 6) is 0.318. The van der Waals surface area contributed by atoms with Gasteiger partial charge >= 0.3 is 0 Å². The third kappa shape index (κ3) is 3.57. The molecule has 2 aliphatic rings. The standard InChI is InChI=1S/C20H22N2O3/c23-19(22-11-3-4-16(14-22)20-24-12-13-25-20)8-7-15-9-10-21-18-6-2-1-5-17(15)18/h1-2,5-10,16,20H,3-4,11-14H2/b8-7+/t16-/m0/s1. The van der Waals surface area contributed by atoms with Crippen LogP contribution in [0.5, 0.6) is 0 Å². The van der Waals surface area contributed by atoms with Gasteiger partial charge < -0.3 is 14.4 Å². The third-order valence-corrected chi connectivity index (χ3v) is 4.89. The Morgan fingerprint density at radius 1 is 1.20 bits per heavy atom. The summed E-state index contributed by atoms with van der Waals surface area (Å²) in [5.41, 5.74) is 1.95. The highest BCUT2D eigenvalue weighted by Crippen LogP contribution is 2.25. The van der Waals surface area contributed by atoms with E-state index in [1.165, 1.54) is 0 Å². The Balaban J connectivity index is 1.46. The number of amides is 1. The Labute approximate surface area is 147 Å². The molecule has 1 aromatic carbocycles. The number of carbonyl (C=O) groups is 1. The minimum atomic E-state index is -0.149. The fraction of sp³-hybridized carbons (Fsp3) is 0.400. The number of pyridine rings is 1. The zero-order valence-corrected chi connectivity index (χ0v) is 14.1. The van der Waals surface area contributed by atoms with Crippen LogP contribution in [0.3, 0.4) is 0 Å². The zero-order valence-electron chi connectivity index (χ0n) is 14.1. The minimum Gasteiger partial charge on any atom is -0.350 e. The monoisotopic (exact) mass is 338 g/mol. The molecule has 2 saturated heterocycles. The lowest BCUT2D eigenvalue weighted by Gasteiger charge is -2.34. The molecule has 2 aromatic rings. The van der Waals surface area contributed by atoms with Gasteiger partial charge in [-0.1, -0.05) is 18.2 Å². The predicted molar refractivity (Wildman–Crippen MR) is 95.8 cm³/mol. The van der Waals surface area contributed by atoms with Crippen molar-refractivity contribution in [2.24, 2.45) is 5.92 Å². The smallest absolute Gasteiger partial charge is 0.246 e. The summed E-state index contributed by atoms with van der Waals surface area (Å²) in [5, 5.41) is 1.05. The molecule has 0 bridgehead atoms. The number of ether oxygens (including phenoxy) is 2. The van der Waals surface area contributed by atoms with Crippen LogP contribution in [-0.4, -0.2) is 48.4 Å². The van der Waals surface area contributed by atoms with E-state index in [2.05, 4.69) is 4.98 Å². The minimum absolute atomic E-state index is 0.0450. The van der Waals surface area contributed by atoms with Gasteiger partial charge in [-0.15, -0.1) is 0 Å². The van der Waals surface area contributed by atoms with Crippen molar-refractivity contribution in [1.29, 1.82) is 0 Å². The molecular formula is C20H22N2O3. The number of fused-ring (bicyclic) bond motifs is 1. The maximum absolute atomic E-state index is 12.6. The summed E-state index contributed by atoms with van der Waals surface area (Å²) in [7, 11) is 0. The number of benzene rings is 1. The second kappa shape index (κ2) is 7.33. The van der Waals surface area contributed by atoms with Crippen LogP contribution in [-0.2, 0) is 14.3 Å². The number of hydrogen-bond donors (Lipinski definition) is 0. The lowest BCUT2D eigenvalue weighted by atomic mass is 9.97. The first kappa shape index (κ1) is 16.2. The Bertz CT molecular complexity index is 778. The third-order valence-electron chi connectivity index (χ3n) is 4.89. The summed E-state index contributed by atoms with van der Waals surface area (Å²) in [6.45, 7) is 2.81. The molecule has 4 rings (SSSR count). The van der Waals surface area contributed by atoms with Gasteiger partial charge in [-0.25, -0.2) is 0 Å². The van der Waals surface area contributed by atoms with E-state index in [1.54, 1.807) is 12.3 Å². The van der Waals surface area contributed by atoms with Crippen LogP contribution in [0.15, 0.2) is 42.6 Å². The lowest BCUT2D eigenvalue weighted by molar-refractivity contribution is -0.134. The molecule has 2 fully saturated rings. The van der Waals surface area contributed by atoms with Crippen molar-refractivity contribution >= 4 is 22.9 Å². The highest BCUT2D eigenvalue weighted by Gasteiger charge is 2.32. The molecule has 0 N–H and O–H groups in total. The van der Waals surface area contributed by atoms with Gasteiger partial charge in [0.1, 0.15) is 0 Å². The number of rotatable bonds is 3. The van der Waals surface area contributed by atoms with Gasteiger partial charge in [0.15, 0.2) is 6.29 Å². The summed E-state index contributed by atoms with van der Waals surface area (Å²) < 4.78 is 11.2. The van der Waals surface area contributed by atoms with E-state index < -0.39 is 0 Å². The first-order valence-corrected chi connectivity index (χ1v) is 8.85. The van der Waals surface area contributed by atoms with E-state index in [1.807, 2.05) is 41.3 Å². The Morgan fingerprint density at radius 3 is 2.92 bits per heavy atom. The van der Waals surface area contributed by atoms with Crippen LogP contribution in [0.1, 0.15) is 18.4 Å². The van der Waals surface area contributed by atoms with E-state index in [0.717, 1.165) is 35.9 Å².